The molecule has 0 radical (unpaired) electrons. The van der Waals surface area contributed by atoms with E-state index in [0.29, 0.717) is 31.4 Å². The summed E-state index contributed by atoms with van der Waals surface area (Å²) >= 11 is 0. The second-order valence-corrected chi connectivity index (χ2v) is 10.5. The molecule has 13 heteroatoms. The normalized spacial score (nSPS) is 20.9. The first-order valence-electron chi connectivity index (χ1n) is 13.1. The zero-order valence-corrected chi connectivity index (χ0v) is 21.1. The third kappa shape index (κ3) is 6.01. The Morgan fingerprint density at radius 2 is 1.59 bits per heavy atom. The van der Waals surface area contributed by atoms with E-state index in [-0.39, 0.29) is 43.1 Å². The average molecular weight is 559 g/mol. The number of nitrogens with one attached hydrogen (secondary N) is 2. The van der Waals surface area contributed by atoms with Crippen molar-refractivity contribution >= 4 is 11.9 Å². The molecule has 3 heterocycles. The number of alkyl halides is 6. The van der Waals surface area contributed by atoms with Crippen LogP contribution in [-0.4, -0.2) is 65.7 Å². The van der Waals surface area contributed by atoms with Gasteiger partial charge in [0.25, 0.3) is 5.91 Å². The maximum atomic E-state index is 13.6. The topological polar surface area (TPSA) is 72.3 Å². The number of urea groups is 1. The summed E-state index contributed by atoms with van der Waals surface area (Å²) in [6, 6.07) is 4.70. The van der Waals surface area contributed by atoms with Gasteiger partial charge in [0.05, 0.1) is 11.8 Å². The monoisotopic (exact) mass is 558 g/mol. The maximum absolute atomic E-state index is 13.6. The Labute approximate surface area is 221 Å². The van der Waals surface area contributed by atoms with Crippen LogP contribution in [-0.2, 0) is 6.18 Å². The van der Waals surface area contributed by atoms with Crippen molar-refractivity contribution in [3.05, 3.63) is 52.8 Å². The number of rotatable bonds is 5. The second kappa shape index (κ2) is 10.4. The number of carbonyl (C=O) groups is 2. The summed E-state index contributed by atoms with van der Waals surface area (Å²) in [5, 5.41) is 5.08. The van der Waals surface area contributed by atoms with Gasteiger partial charge < -0.3 is 15.1 Å². The quantitative estimate of drug-likeness (QED) is 0.411. The molecule has 2 saturated heterocycles. The highest BCUT2D eigenvalue weighted by Gasteiger charge is 2.44. The van der Waals surface area contributed by atoms with Crippen molar-refractivity contribution in [2.24, 2.45) is 0 Å². The van der Waals surface area contributed by atoms with Gasteiger partial charge in [-0.15, -0.1) is 4.68 Å². The van der Waals surface area contributed by atoms with Crippen LogP contribution in [0.2, 0.25) is 0 Å². The smallest absolute Gasteiger partial charge is 0.338 e. The lowest BCUT2D eigenvalue weighted by Crippen LogP contribution is -2.53. The number of nitrogens with zero attached hydrogens (tertiary/aromatic N) is 3. The highest BCUT2D eigenvalue weighted by Crippen LogP contribution is 2.42. The third-order valence-electron chi connectivity index (χ3n) is 7.82. The molecule has 2 N–H and O–H groups in total. The van der Waals surface area contributed by atoms with Crippen LogP contribution in [0.3, 0.4) is 0 Å². The number of H-pyrrole nitrogens is 1. The third-order valence-corrected chi connectivity index (χ3v) is 7.82. The molecule has 3 aliphatic rings. The van der Waals surface area contributed by atoms with Crippen LogP contribution in [0.1, 0.15) is 77.2 Å². The molecular formula is C26H30F6N5O2+. The van der Waals surface area contributed by atoms with Gasteiger partial charge in [-0.05, 0) is 30.9 Å². The van der Waals surface area contributed by atoms with Crippen LogP contribution in [0.25, 0.3) is 0 Å². The number of benzene rings is 1. The number of hydrogen-bond acceptors (Lipinski definition) is 2. The second-order valence-electron chi connectivity index (χ2n) is 10.5. The van der Waals surface area contributed by atoms with Crippen molar-refractivity contribution in [1.29, 1.82) is 0 Å². The van der Waals surface area contributed by atoms with E-state index in [9.17, 15) is 35.9 Å². The molecule has 1 aromatic heterocycles. The van der Waals surface area contributed by atoms with Crippen molar-refractivity contribution < 1.29 is 40.6 Å². The van der Waals surface area contributed by atoms with Gasteiger partial charge in [-0.25, -0.2) is 4.79 Å². The summed E-state index contributed by atoms with van der Waals surface area (Å²) in [7, 11) is 0. The van der Waals surface area contributed by atoms with Crippen LogP contribution in [0, 0.1) is 0 Å². The Bertz CT molecular complexity index is 1210. The number of piperidine rings is 1. The fourth-order valence-corrected chi connectivity index (χ4v) is 5.75. The molecule has 1 aliphatic carbocycles. The molecule has 3 fully saturated rings. The molecule has 1 atom stereocenters. The molecule has 0 unspecified atom stereocenters. The number of aromatic nitrogens is 2. The van der Waals surface area contributed by atoms with E-state index in [4.69, 9.17) is 0 Å². The van der Waals surface area contributed by atoms with E-state index in [0.717, 1.165) is 24.6 Å². The lowest BCUT2D eigenvalue weighted by molar-refractivity contribution is -0.782. The molecule has 7 nitrogen and oxygen atoms in total. The van der Waals surface area contributed by atoms with E-state index in [1.807, 2.05) is 10.00 Å². The van der Waals surface area contributed by atoms with E-state index in [1.165, 1.54) is 17.0 Å². The van der Waals surface area contributed by atoms with Crippen molar-refractivity contribution in [2.75, 3.05) is 32.7 Å². The molecule has 212 valence electrons. The van der Waals surface area contributed by atoms with E-state index in [1.54, 1.807) is 17.2 Å². The minimum Gasteiger partial charge on any atom is -0.338 e. The summed E-state index contributed by atoms with van der Waals surface area (Å²) in [6.07, 6.45) is -4.00. The Hall–Kier alpha value is -3.25. The summed E-state index contributed by atoms with van der Waals surface area (Å²) in [5.41, 5.74) is 0.908. The van der Waals surface area contributed by atoms with Gasteiger partial charge in [-0.2, -0.15) is 31.4 Å². The lowest BCUT2D eigenvalue weighted by Gasteiger charge is -2.29. The summed E-state index contributed by atoms with van der Waals surface area (Å²) in [6.45, 7) is -0.267. The van der Waals surface area contributed by atoms with Crippen LogP contribution >= 0.6 is 0 Å². The number of likely N-dealkylation sites (tertiary alicyclic amines) is 2. The number of aromatic amines is 1. The molecular weight excluding hydrogens is 528 g/mol. The fraction of sp³-hybridized carbons (Fsp3) is 0.577. The minimum atomic E-state index is -4.48. The number of carbonyl (C=O) groups excluding carboxylic acids is 2. The van der Waals surface area contributed by atoms with Gasteiger partial charge in [-0.3, -0.25) is 4.79 Å². The standard InChI is InChI=1S/C26H29F6N5O2/c27-25(28,29)15-33-24(39)35-11-8-18(9-12-35)37-22(16-5-6-16)20(13-34-37)23(38)36-10-7-17(14-36)19-3-1-2-4-21(19)26(30,31)32/h1-4,13,16-18H,5-12,14-15H2,(H,33,39)/p+1/t17-/m1/s1. The number of amides is 3. The zero-order valence-electron chi connectivity index (χ0n) is 21.1. The van der Waals surface area contributed by atoms with E-state index >= 15 is 0 Å². The van der Waals surface area contributed by atoms with Gasteiger partial charge >= 0.3 is 18.4 Å². The van der Waals surface area contributed by atoms with Crippen LogP contribution in [0.15, 0.2) is 30.5 Å². The first-order chi connectivity index (χ1) is 18.4. The average Bonchev–Trinajstić information content (AvgIpc) is 3.44. The van der Waals surface area contributed by atoms with Gasteiger partial charge in [-0.1, -0.05) is 18.2 Å². The van der Waals surface area contributed by atoms with Crippen molar-refractivity contribution in [3.8, 4) is 0 Å². The number of hydrogen-bond donors (Lipinski definition) is 2. The van der Waals surface area contributed by atoms with Crippen LogP contribution < -0.4 is 10.00 Å². The SMILES string of the molecule is O=C(NCC(F)(F)F)N1CCC([n+]2[nH]cc(C(=O)N3CC[C@@H](c4ccccc4C(F)(F)F)C3)c2C2CC2)CC1. The first kappa shape index (κ1) is 27.3. The summed E-state index contributed by atoms with van der Waals surface area (Å²) in [5.74, 6) is -0.439. The molecule has 1 aromatic carbocycles. The minimum absolute atomic E-state index is 0.0567. The lowest BCUT2D eigenvalue weighted by atomic mass is 9.93. The molecule has 0 bridgehead atoms. The largest absolute Gasteiger partial charge is 0.416 e. The highest BCUT2D eigenvalue weighted by molar-refractivity contribution is 5.95. The molecule has 2 aliphatic heterocycles. The molecule has 2 aromatic rings. The van der Waals surface area contributed by atoms with E-state index in [2.05, 4.69) is 5.10 Å². The van der Waals surface area contributed by atoms with Crippen molar-refractivity contribution in [3.63, 3.8) is 0 Å². The molecule has 0 spiro atoms. The Balaban J connectivity index is 1.26. The zero-order chi connectivity index (χ0) is 27.9. The Morgan fingerprint density at radius 3 is 2.23 bits per heavy atom. The van der Waals surface area contributed by atoms with Crippen molar-refractivity contribution in [1.82, 2.24) is 20.2 Å². The molecule has 1 saturated carbocycles. The number of halogens is 6. The Kier molecular flexibility index (Phi) is 7.27. The molecule has 3 amide bonds. The Morgan fingerprint density at radius 1 is 0.923 bits per heavy atom. The van der Waals surface area contributed by atoms with Crippen molar-refractivity contribution in [2.45, 2.75) is 62.3 Å². The van der Waals surface area contributed by atoms with E-state index < -0.39 is 36.4 Å². The maximum Gasteiger partial charge on any atom is 0.416 e. The summed E-state index contributed by atoms with van der Waals surface area (Å²) in [4.78, 5) is 28.6. The summed E-state index contributed by atoms with van der Waals surface area (Å²) < 4.78 is 79.9. The first-order valence-corrected chi connectivity index (χ1v) is 13.1. The van der Waals surface area contributed by atoms with Gasteiger partial charge in [0.1, 0.15) is 12.1 Å². The predicted octanol–water partition coefficient (Wildman–Crippen LogP) is 4.74. The van der Waals surface area contributed by atoms with Gasteiger partial charge in [0, 0.05) is 50.9 Å². The van der Waals surface area contributed by atoms with Gasteiger partial charge in [0.2, 0.25) is 5.69 Å². The van der Waals surface area contributed by atoms with Gasteiger partial charge in [0.15, 0.2) is 6.04 Å². The van der Waals surface area contributed by atoms with Crippen LogP contribution in [0.5, 0.6) is 0 Å². The van der Waals surface area contributed by atoms with Crippen LogP contribution in [0.4, 0.5) is 31.1 Å². The molecule has 39 heavy (non-hydrogen) atoms. The predicted molar refractivity (Wildman–Crippen MR) is 127 cm³/mol. The molecule has 5 rings (SSSR count). The highest BCUT2D eigenvalue weighted by atomic mass is 19.4. The fourth-order valence-electron chi connectivity index (χ4n) is 5.75.